The number of carbonyl (C=O) groups is 2. The number of fused-ring (bicyclic) bond motifs is 1. The maximum Gasteiger partial charge on any atom is 0.269 e. The fourth-order valence-electron chi connectivity index (χ4n) is 3.48. The van der Waals surface area contributed by atoms with Crippen LogP contribution in [0.15, 0.2) is 41.1 Å². The first-order chi connectivity index (χ1) is 13.4. The van der Waals surface area contributed by atoms with Crippen molar-refractivity contribution in [2.45, 2.75) is 13.3 Å². The number of hydrogen-bond acceptors (Lipinski definition) is 4. The second-order valence-electron chi connectivity index (χ2n) is 7.24. The number of aromatic amines is 1. The third kappa shape index (κ3) is 3.19. The number of amides is 2. The molecule has 7 heteroatoms. The molecular formula is C21H22N4O3. The molecule has 144 valence electrons. The van der Waals surface area contributed by atoms with Gasteiger partial charge >= 0.3 is 0 Å². The van der Waals surface area contributed by atoms with Crippen molar-refractivity contribution in [1.82, 2.24) is 19.9 Å². The Morgan fingerprint density at radius 3 is 2.79 bits per heavy atom. The highest BCUT2D eigenvalue weighted by molar-refractivity contribution is 5.99. The zero-order chi connectivity index (χ0) is 19.8. The van der Waals surface area contributed by atoms with E-state index in [1.54, 1.807) is 25.9 Å². The number of aryl methyl sites for hydroxylation is 1. The molecule has 7 nitrogen and oxygen atoms in total. The van der Waals surface area contributed by atoms with Crippen LogP contribution in [0.4, 0.5) is 0 Å². The van der Waals surface area contributed by atoms with Crippen molar-refractivity contribution in [2.24, 2.45) is 0 Å². The molecule has 0 atom stereocenters. The summed E-state index contributed by atoms with van der Waals surface area (Å²) in [6.07, 6.45) is 4.36. The standard InChI is InChI=1S/C21H22N4O3/c1-13-17(12-28-23-13)20(26)25-8-4-5-16(11-25)14-6-7-15-10-19(21(27)24(2)3)22-18(15)9-14/h5-7,9-10,12,22H,4,8,11H2,1-3H3. The molecule has 4 rings (SSSR count). The van der Waals surface area contributed by atoms with Gasteiger partial charge in [-0.3, -0.25) is 9.59 Å². The number of H-pyrrole nitrogens is 1. The highest BCUT2D eigenvalue weighted by atomic mass is 16.5. The van der Waals surface area contributed by atoms with E-state index < -0.39 is 0 Å². The van der Waals surface area contributed by atoms with Gasteiger partial charge in [-0.1, -0.05) is 23.4 Å². The lowest BCUT2D eigenvalue weighted by Gasteiger charge is -2.27. The van der Waals surface area contributed by atoms with E-state index in [1.165, 1.54) is 6.26 Å². The minimum absolute atomic E-state index is 0.0597. The number of carbonyl (C=O) groups excluding carboxylic acids is 2. The summed E-state index contributed by atoms with van der Waals surface area (Å²) < 4.78 is 4.91. The molecule has 2 aromatic heterocycles. The first-order valence-electron chi connectivity index (χ1n) is 9.18. The van der Waals surface area contributed by atoms with Crippen molar-refractivity contribution >= 4 is 28.3 Å². The van der Waals surface area contributed by atoms with Crippen molar-refractivity contribution in [2.75, 3.05) is 27.2 Å². The minimum atomic E-state index is -0.0656. The number of rotatable bonds is 3. The van der Waals surface area contributed by atoms with Crippen LogP contribution in [0.5, 0.6) is 0 Å². The molecule has 1 aromatic carbocycles. The van der Waals surface area contributed by atoms with Gasteiger partial charge < -0.3 is 19.3 Å². The molecule has 1 N–H and O–H groups in total. The number of benzene rings is 1. The zero-order valence-electron chi connectivity index (χ0n) is 16.2. The smallest absolute Gasteiger partial charge is 0.269 e. The van der Waals surface area contributed by atoms with Crippen LogP contribution in [0.1, 0.15) is 38.5 Å². The zero-order valence-corrected chi connectivity index (χ0v) is 16.2. The summed E-state index contributed by atoms with van der Waals surface area (Å²) in [5.74, 6) is -0.125. The van der Waals surface area contributed by atoms with Crippen LogP contribution in [-0.2, 0) is 0 Å². The Bertz CT molecular complexity index is 1090. The van der Waals surface area contributed by atoms with Crippen LogP contribution in [0.2, 0.25) is 0 Å². The highest BCUT2D eigenvalue weighted by Gasteiger charge is 2.23. The molecule has 0 unspecified atom stereocenters. The van der Waals surface area contributed by atoms with E-state index in [2.05, 4.69) is 16.2 Å². The molecule has 1 aliphatic rings. The highest BCUT2D eigenvalue weighted by Crippen LogP contribution is 2.26. The lowest BCUT2D eigenvalue weighted by atomic mass is 9.99. The second-order valence-corrected chi connectivity index (χ2v) is 7.24. The van der Waals surface area contributed by atoms with E-state index in [1.807, 2.05) is 29.2 Å². The van der Waals surface area contributed by atoms with Gasteiger partial charge in [0.05, 0.1) is 5.69 Å². The lowest BCUT2D eigenvalue weighted by Crippen LogP contribution is -2.35. The Kier molecular flexibility index (Phi) is 4.50. The van der Waals surface area contributed by atoms with E-state index in [0.717, 1.165) is 28.5 Å². The van der Waals surface area contributed by atoms with E-state index >= 15 is 0 Å². The summed E-state index contributed by atoms with van der Waals surface area (Å²) >= 11 is 0. The number of hydrogen-bond donors (Lipinski definition) is 1. The molecule has 3 heterocycles. The maximum absolute atomic E-state index is 12.8. The van der Waals surface area contributed by atoms with Crippen molar-refractivity contribution in [3.8, 4) is 0 Å². The summed E-state index contributed by atoms with van der Waals surface area (Å²) in [6.45, 7) is 2.96. The van der Waals surface area contributed by atoms with Gasteiger partial charge in [0.15, 0.2) is 0 Å². The van der Waals surface area contributed by atoms with Gasteiger partial charge in [0.2, 0.25) is 0 Å². The average molecular weight is 378 g/mol. The first-order valence-corrected chi connectivity index (χ1v) is 9.18. The third-order valence-electron chi connectivity index (χ3n) is 5.05. The van der Waals surface area contributed by atoms with Crippen molar-refractivity contribution in [3.05, 3.63) is 59.1 Å². The van der Waals surface area contributed by atoms with Gasteiger partial charge in [0.25, 0.3) is 11.8 Å². The Morgan fingerprint density at radius 1 is 1.25 bits per heavy atom. The fraction of sp³-hybridized carbons (Fsp3) is 0.286. The van der Waals surface area contributed by atoms with Gasteiger partial charge in [0.1, 0.15) is 17.5 Å². The predicted octanol–water partition coefficient (Wildman–Crippen LogP) is 3.10. The molecule has 2 amide bonds. The second kappa shape index (κ2) is 6.99. The number of nitrogens with zero attached hydrogens (tertiary/aromatic N) is 3. The van der Waals surface area contributed by atoms with Crippen LogP contribution >= 0.6 is 0 Å². The molecule has 0 bridgehead atoms. The molecule has 0 saturated carbocycles. The molecule has 0 saturated heterocycles. The Labute approximate surface area is 162 Å². The van der Waals surface area contributed by atoms with Crippen LogP contribution < -0.4 is 0 Å². The third-order valence-corrected chi connectivity index (χ3v) is 5.05. The molecule has 28 heavy (non-hydrogen) atoms. The van der Waals surface area contributed by atoms with E-state index in [9.17, 15) is 9.59 Å². The largest absolute Gasteiger partial charge is 0.364 e. The van der Waals surface area contributed by atoms with Gasteiger partial charge in [-0.05, 0) is 36.6 Å². The molecule has 0 spiro atoms. The summed E-state index contributed by atoms with van der Waals surface area (Å²) in [6, 6.07) is 7.93. The molecule has 1 aliphatic heterocycles. The monoisotopic (exact) mass is 378 g/mol. The molecule has 0 fully saturated rings. The summed E-state index contributed by atoms with van der Waals surface area (Å²) in [7, 11) is 3.46. The fourth-order valence-corrected chi connectivity index (χ4v) is 3.48. The Hall–Kier alpha value is -3.35. The SMILES string of the molecule is Cc1nocc1C(=O)N1CCC=C(c2ccc3cc(C(=O)N(C)C)[nH]c3c2)C1. The number of aromatic nitrogens is 2. The maximum atomic E-state index is 12.8. The Morgan fingerprint density at radius 2 is 2.07 bits per heavy atom. The minimum Gasteiger partial charge on any atom is -0.364 e. The van der Waals surface area contributed by atoms with Crippen LogP contribution in [-0.4, -0.2) is 58.9 Å². The predicted molar refractivity (Wildman–Crippen MR) is 106 cm³/mol. The van der Waals surface area contributed by atoms with Crippen LogP contribution in [0.25, 0.3) is 16.5 Å². The molecule has 0 radical (unpaired) electrons. The van der Waals surface area contributed by atoms with E-state index in [0.29, 0.717) is 30.0 Å². The quantitative estimate of drug-likeness (QED) is 0.759. The van der Waals surface area contributed by atoms with Crippen LogP contribution in [0.3, 0.4) is 0 Å². The topological polar surface area (TPSA) is 82.4 Å². The van der Waals surface area contributed by atoms with Crippen molar-refractivity contribution < 1.29 is 14.1 Å². The Balaban J connectivity index is 1.59. The van der Waals surface area contributed by atoms with Gasteiger partial charge in [-0.25, -0.2) is 0 Å². The summed E-state index contributed by atoms with van der Waals surface area (Å²) in [4.78, 5) is 31.5. The van der Waals surface area contributed by atoms with E-state index in [-0.39, 0.29) is 11.8 Å². The van der Waals surface area contributed by atoms with Gasteiger partial charge in [-0.2, -0.15) is 0 Å². The van der Waals surface area contributed by atoms with Crippen molar-refractivity contribution in [1.29, 1.82) is 0 Å². The molecule has 0 aliphatic carbocycles. The van der Waals surface area contributed by atoms with Crippen molar-refractivity contribution in [3.63, 3.8) is 0 Å². The summed E-state index contributed by atoms with van der Waals surface area (Å²) in [5.41, 5.74) is 4.71. The summed E-state index contributed by atoms with van der Waals surface area (Å²) in [5, 5.41) is 4.79. The number of nitrogens with one attached hydrogen (secondary N) is 1. The van der Waals surface area contributed by atoms with Gasteiger partial charge in [0, 0.05) is 38.1 Å². The van der Waals surface area contributed by atoms with E-state index in [4.69, 9.17) is 4.52 Å². The molecule has 3 aromatic rings. The molecular weight excluding hydrogens is 356 g/mol. The van der Waals surface area contributed by atoms with Gasteiger partial charge in [-0.15, -0.1) is 0 Å². The lowest BCUT2D eigenvalue weighted by molar-refractivity contribution is 0.0772. The first kappa shape index (κ1) is 18.0. The average Bonchev–Trinajstić information content (AvgIpc) is 3.32. The normalized spacial score (nSPS) is 14.2. The van der Waals surface area contributed by atoms with Crippen LogP contribution in [0, 0.1) is 6.92 Å².